The number of methoxy groups -OCH3 is 1. The molecule has 106 valence electrons. The Morgan fingerprint density at radius 1 is 0.950 bits per heavy atom. The fourth-order valence-corrected chi connectivity index (χ4v) is 2.29. The first kappa shape index (κ1) is 14.4. The van der Waals surface area contributed by atoms with Crippen molar-refractivity contribution in [1.29, 1.82) is 0 Å². The third-order valence-electron chi connectivity index (χ3n) is 2.67. The van der Waals surface area contributed by atoms with Crippen LogP contribution in [0.25, 0.3) is 0 Å². The minimum absolute atomic E-state index is 0.101. The van der Waals surface area contributed by atoms with E-state index in [-0.39, 0.29) is 4.90 Å². The van der Waals surface area contributed by atoms with Gasteiger partial charge < -0.3 is 4.74 Å². The average molecular weight is 293 g/mol. The van der Waals surface area contributed by atoms with Gasteiger partial charge in [0.1, 0.15) is 5.75 Å². The monoisotopic (exact) mass is 293 g/mol. The molecular formula is C14H15NO4S. The summed E-state index contributed by atoms with van der Waals surface area (Å²) in [5.74, 6) is 0.678. The van der Waals surface area contributed by atoms with Crippen molar-refractivity contribution >= 4 is 15.8 Å². The molecule has 0 aliphatic carbocycles. The van der Waals surface area contributed by atoms with Gasteiger partial charge in [-0.05, 0) is 43.3 Å². The SMILES string of the molecule is COc1ccc(NOS(=O)(=O)c2ccc(C)cc2)cc1. The minimum Gasteiger partial charge on any atom is -0.497 e. The number of ether oxygens (including phenoxy) is 1. The van der Waals surface area contributed by atoms with Gasteiger partial charge in [-0.2, -0.15) is 8.42 Å². The zero-order valence-electron chi connectivity index (χ0n) is 11.2. The number of hydrogen-bond acceptors (Lipinski definition) is 5. The maximum atomic E-state index is 11.9. The largest absolute Gasteiger partial charge is 0.497 e. The van der Waals surface area contributed by atoms with Crippen LogP contribution in [0.3, 0.4) is 0 Å². The zero-order chi connectivity index (χ0) is 14.6. The zero-order valence-corrected chi connectivity index (χ0v) is 12.0. The van der Waals surface area contributed by atoms with Gasteiger partial charge in [-0.3, -0.25) is 0 Å². The minimum atomic E-state index is -3.83. The molecule has 6 heteroatoms. The summed E-state index contributed by atoms with van der Waals surface area (Å²) in [5, 5.41) is 0. The molecule has 0 fully saturated rings. The molecule has 0 atom stereocenters. The summed E-state index contributed by atoms with van der Waals surface area (Å²) in [7, 11) is -2.28. The first-order valence-corrected chi connectivity index (χ1v) is 7.32. The van der Waals surface area contributed by atoms with E-state index >= 15 is 0 Å². The summed E-state index contributed by atoms with van der Waals surface area (Å²) in [6, 6.07) is 13.1. The predicted octanol–water partition coefficient (Wildman–Crippen LogP) is 2.74. The molecule has 2 rings (SSSR count). The topological polar surface area (TPSA) is 64.6 Å². The highest BCUT2D eigenvalue weighted by atomic mass is 32.2. The van der Waals surface area contributed by atoms with Crippen molar-refractivity contribution < 1.29 is 17.4 Å². The molecule has 0 amide bonds. The second-order valence-electron chi connectivity index (χ2n) is 4.18. The third kappa shape index (κ3) is 3.49. The summed E-state index contributed by atoms with van der Waals surface area (Å²) in [6.07, 6.45) is 0. The van der Waals surface area contributed by atoms with E-state index in [1.54, 1.807) is 43.5 Å². The van der Waals surface area contributed by atoms with Crippen molar-refractivity contribution in [3.05, 3.63) is 54.1 Å². The van der Waals surface area contributed by atoms with E-state index in [4.69, 9.17) is 9.02 Å². The summed E-state index contributed by atoms with van der Waals surface area (Å²) in [6.45, 7) is 1.88. The number of nitrogens with one attached hydrogen (secondary N) is 1. The maximum Gasteiger partial charge on any atom is 0.317 e. The lowest BCUT2D eigenvalue weighted by atomic mass is 10.2. The molecule has 0 aromatic heterocycles. The summed E-state index contributed by atoms with van der Waals surface area (Å²) >= 11 is 0. The van der Waals surface area contributed by atoms with E-state index in [2.05, 4.69) is 5.48 Å². The molecule has 20 heavy (non-hydrogen) atoms. The Labute approximate surface area is 118 Å². The second-order valence-corrected chi connectivity index (χ2v) is 5.73. The Morgan fingerprint density at radius 2 is 1.55 bits per heavy atom. The summed E-state index contributed by atoms with van der Waals surface area (Å²) in [4.78, 5) is 0.101. The molecule has 0 bridgehead atoms. The van der Waals surface area contributed by atoms with Crippen molar-refractivity contribution in [3.8, 4) is 5.75 Å². The lowest BCUT2D eigenvalue weighted by Gasteiger charge is -2.08. The molecule has 2 aromatic rings. The number of benzene rings is 2. The third-order valence-corrected chi connectivity index (χ3v) is 3.82. The first-order valence-electron chi connectivity index (χ1n) is 5.91. The summed E-state index contributed by atoms with van der Waals surface area (Å²) < 4.78 is 33.7. The van der Waals surface area contributed by atoms with Crippen LogP contribution in [-0.4, -0.2) is 15.5 Å². The van der Waals surface area contributed by atoms with Gasteiger partial charge in [-0.25, -0.2) is 5.48 Å². The lowest BCUT2D eigenvalue weighted by Crippen LogP contribution is -2.11. The molecule has 1 N–H and O–H groups in total. The number of rotatable bonds is 5. The Balaban J connectivity index is 2.06. The van der Waals surface area contributed by atoms with Crippen LogP contribution in [0.4, 0.5) is 5.69 Å². The maximum absolute atomic E-state index is 11.9. The predicted molar refractivity (Wildman–Crippen MR) is 76.1 cm³/mol. The van der Waals surface area contributed by atoms with E-state index in [9.17, 15) is 8.42 Å². The molecule has 0 saturated heterocycles. The molecule has 0 aliphatic heterocycles. The fraction of sp³-hybridized carbons (Fsp3) is 0.143. The molecule has 0 heterocycles. The van der Waals surface area contributed by atoms with Gasteiger partial charge >= 0.3 is 10.1 Å². The van der Waals surface area contributed by atoms with Crippen LogP contribution in [0.15, 0.2) is 53.4 Å². The van der Waals surface area contributed by atoms with Crippen molar-refractivity contribution in [1.82, 2.24) is 0 Å². The van der Waals surface area contributed by atoms with Crippen LogP contribution in [0, 0.1) is 6.92 Å². The Hall–Kier alpha value is -2.05. The van der Waals surface area contributed by atoms with Gasteiger partial charge in [0.25, 0.3) is 0 Å². The Morgan fingerprint density at radius 3 is 2.10 bits per heavy atom. The van der Waals surface area contributed by atoms with Crippen molar-refractivity contribution in [2.24, 2.45) is 0 Å². The van der Waals surface area contributed by atoms with Gasteiger partial charge in [0.05, 0.1) is 17.7 Å². The summed E-state index contributed by atoms with van der Waals surface area (Å²) in [5.41, 5.74) is 3.90. The van der Waals surface area contributed by atoms with Gasteiger partial charge in [-0.15, -0.1) is 4.28 Å². The molecule has 5 nitrogen and oxygen atoms in total. The fourth-order valence-electron chi connectivity index (χ4n) is 1.52. The average Bonchev–Trinajstić information content (AvgIpc) is 2.46. The van der Waals surface area contributed by atoms with E-state index in [0.29, 0.717) is 11.4 Å². The molecule has 0 spiro atoms. The van der Waals surface area contributed by atoms with Crippen molar-refractivity contribution in [2.75, 3.05) is 12.6 Å². The number of aryl methyl sites for hydroxylation is 1. The Bertz CT molecular complexity index is 663. The van der Waals surface area contributed by atoms with E-state index in [1.165, 1.54) is 12.1 Å². The highest BCUT2D eigenvalue weighted by Gasteiger charge is 2.15. The highest BCUT2D eigenvalue weighted by Crippen LogP contribution is 2.17. The van der Waals surface area contributed by atoms with Crippen LogP contribution < -0.4 is 10.2 Å². The molecule has 2 aromatic carbocycles. The van der Waals surface area contributed by atoms with Crippen LogP contribution in [-0.2, 0) is 14.4 Å². The van der Waals surface area contributed by atoms with Crippen LogP contribution in [0.1, 0.15) is 5.56 Å². The van der Waals surface area contributed by atoms with Crippen LogP contribution in [0.5, 0.6) is 5.75 Å². The number of hydrogen-bond donors (Lipinski definition) is 1. The van der Waals surface area contributed by atoms with Crippen molar-refractivity contribution in [3.63, 3.8) is 0 Å². The highest BCUT2D eigenvalue weighted by molar-refractivity contribution is 7.86. The normalized spacial score (nSPS) is 11.1. The smallest absolute Gasteiger partial charge is 0.317 e. The molecular weight excluding hydrogens is 278 g/mol. The van der Waals surface area contributed by atoms with E-state index in [0.717, 1.165) is 5.56 Å². The van der Waals surface area contributed by atoms with E-state index in [1.807, 2.05) is 6.92 Å². The van der Waals surface area contributed by atoms with Gasteiger partial charge in [0.15, 0.2) is 0 Å². The van der Waals surface area contributed by atoms with Crippen LogP contribution in [0.2, 0.25) is 0 Å². The second kappa shape index (κ2) is 5.94. The first-order chi connectivity index (χ1) is 9.51. The number of anilines is 1. The van der Waals surface area contributed by atoms with Gasteiger partial charge in [0.2, 0.25) is 0 Å². The van der Waals surface area contributed by atoms with Gasteiger partial charge in [0, 0.05) is 0 Å². The molecule has 0 aliphatic rings. The Kier molecular flexibility index (Phi) is 4.26. The van der Waals surface area contributed by atoms with E-state index < -0.39 is 10.1 Å². The van der Waals surface area contributed by atoms with Crippen molar-refractivity contribution in [2.45, 2.75) is 11.8 Å². The quantitative estimate of drug-likeness (QED) is 0.859. The van der Waals surface area contributed by atoms with Gasteiger partial charge in [-0.1, -0.05) is 17.7 Å². The standard InChI is InChI=1S/C14H15NO4S/c1-11-3-9-14(10-4-11)20(16,17)19-15-12-5-7-13(18-2)8-6-12/h3-10,15H,1-2H3. The lowest BCUT2D eigenvalue weighted by molar-refractivity contribution is 0.390. The molecule has 0 saturated carbocycles. The van der Waals surface area contributed by atoms with Crippen LogP contribution >= 0.6 is 0 Å². The molecule has 0 unspecified atom stereocenters. The molecule has 0 radical (unpaired) electrons.